The second-order valence-electron chi connectivity index (χ2n) is 5.88. The van der Waals surface area contributed by atoms with Crippen LogP contribution in [0, 0.1) is 5.92 Å². The third kappa shape index (κ3) is 3.70. The van der Waals surface area contributed by atoms with E-state index in [0.29, 0.717) is 10.9 Å². The lowest BCUT2D eigenvalue weighted by Crippen LogP contribution is -2.26. The maximum absolute atomic E-state index is 6.10. The molecular weight excluding hydrogens is 282 g/mol. The highest BCUT2D eigenvalue weighted by molar-refractivity contribution is 7.80. The molecule has 1 aliphatic carbocycles. The number of rotatable bonds is 5. The molecular formula is C16H25N3OS. The Labute approximate surface area is 132 Å². The molecule has 0 saturated heterocycles. The summed E-state index contributed by atoms with van der Waals surface area (Å²) in [5, 5.41) is 8.55. The fourth-order valence-corrected chi connectivity index (χ4v) is 3.21. The lowest BCUT2D eigenvalue weighted by molar-refractivity contribution is 0.128. The van der Waals surface area contributed by atoms with Gasteiger partial charge in [-0.05, 0) is 50.0 Å². The predicted molar refractivity (Wildman–Crippen MR) is 88.7 cm³/mol. The van der Waals surface area contributed by atoms with Crippen LogP contribution in [0.15, 0.2) is 0 Å². The van der Waals surface area contributed by atoms with E-state index in [1.165, 1.54) is 12.8 Å². The first kappa shape index (κ1) is 16.1. The van der Waals surface area contributed by atoms with Crippen LogP contribution in [-0.2, 0) is 12.8 Å². The summed E-state index contributed by atoms with van der Waals surface area (Å²) in [7, 11) is 0. The number of aryl methyl sites for hydroxylation is 1. The minimum Gasteiger partial charge on any atom is -0.473 e. The lowest BCUT2D eigenvalue weighted by atomic mass is 9.89. The van der Waals surface area contributed by atoms with Gasteiger partial charge >= 0.3 is 0 Å². The van der Waals surface area contributed by atoms with Gasteiger partial charge in [0.2, 0.25) is 5.88 Å². The summed E-state index contributed by atoms with van der Waals surface area (Å²) in [6.07, 6.45) is 6.41. The molecule has 0 amide bonds. The predicted octanol–water partition coefficient (Wildman–Crippen LogP) is 3.19. The summed E-state index contributed by atoms with van der Waals surface area (Å²) < 4.78 is 6.10. The Hall–Kier alpha value is -1.23. The van der Waals surface area contributed by atoms with E-state index in [9.17, 15) is 0 Å². The van der Waals surface area contributed by atoms with Gasteiger partial charge in [-0.1, -0.05) is 33.0 Å². The molecule has 5 heteroatoms. The smallest absolute Gasteiger partial charge is 0.244 e. The van der Waals surface area contributed by atoms with E-state index in [4.69, 9.17) is 22.7 Å². The topological polar surface area (TPSA) is 61.0 Å². The molecule has 1 saturated carbocycles. The molecule has 4 nitrogen and oxygen atoms in total. The van der Waals surface area contributed by atoms with Crippen LogP contribution in [0.25, 0.3) is 0 Å². The minimum atomic E-state index is 0.209. The molecule has 0 bridgehead atoms. The summed E-state index contributed by atoms with van der Waals surface area (Å²) in [5.41, 5.74) is 8.76. The molecule has 1 aromatic rings. The van der Waals surface area contributed by atoms with Gasteiger partial charge in [0.05, 0.1) is 11.3 Å². The van der Waals surface area contributed by atoms with Gasteiger partial charge in [0.1, 0.15) is 11.1 Å². The van der Waals surface area contributed by atoms with Crippen molar-refractivity contribution in [2.75, 3.05) is 0 Å². The van der Waals surface area contributed by atoms with Crippen LogP contribution in [-0.4, -0.2) is 21.3 Å². The summed E-state index contributed by atoms with van der Waals surface area (Å²) >= 11 is 5.23. The molecule has 21 heavy (non-hydrogen) atoms. The lowest BCUT2D eigenvalue weighted by Gasteiger charge is -2.27. The van der Waals surface area contributed by atoms with Crippen molar-refractivity contribution in [3.63, 3.8) is 0 Å². The van der Waals surface area contributed by atoms with Crippen molar-refractivity contribution < 1.29 is 4.74 Å². The molecule has 0 radical (unpaired) electrons. The van der Waals surface area contributed by atoms with Crippen LogP contribution in [0.1, 0.15) is 63.3 Å². The molecule has 0 spiro atoms. The van der Waals surface area contributed by atoms with Crippen molar-refractivity contribution in [3.05, 3.63) is 16.8 Å². The first-order valence-electron chi connectivity index (χ1n) is 7.91. The van der Waals surface area contributed by atoms with E-state index in [1.807, 2.05) is 0 Å². The molecule has 2 N–H and O–H groups in total. The number of nitrogens with zero attached hydrogens (tertiary/aromatic N) is 2. The van der Waals surface area contributed by atoms with E-state index in [1.54, 1.807) is 0 Å². The van der Waals surface area contributed by atoms with Crippen LogP contribution >= 0.6 is 12.2 Å². The van der Waals surface area contributed by atoms with Crippen LogP contribution in [0.5, 0.6) is 5.88 Å². The van der Waals surface area contributed by atoms with Gasteiger partial charge in [0, 0.05) is 0 Å². The summed E-state index contributed by atoms with van der Waals surface area (Å²) in [6, 6.07) is 0. The van der Waals surface area contributed by atoms with Crippen LogP contribution < -0.4 is 10.5 Å². The molecule has 1 fully saturated rings. The fraction of sp³-hybridized carbons (Fsp3) is 0.688. The molecule has 0 atom stereocenters. The Kier molecular flexibility index (Phi) is 5.51. The van der Waals surface area contributed by atoms with Crippen molar-refractivity contribution in [1.82, 2.24) is 10.2 Å². The Morgan fingerprint density at radius 3 is 2.38 bits per heavy atom. The molecule has 1 aliphatic rings. The van der Waals surface area contributed by atoms with Gasteiger partial charge < -0.3 is 10.5 Å². The Morgan fingerprint density at radius 2 is 1.86 bits per heavy atom. The average Bonchev–Trinajstić information content (AvgIpc) is 2.48. The third-order valence-electron chi connectivity index (χ3n) is 4.30. The van der Waals surface area contributed by atoms with Crippen molar-refractivity contribution in [3.8, 4) is 5.88 Å². The van der Waals surface area contributed by atoms with Gasteiger partial charge in [-0.15, -0.1) is 5.10 Å². The van der Waals surface area contributed by atoms with Crippen LogP contribution in [0.2, 0.25) is 0 Å². The number of hydrogen-bond acceptors (Lipinski definition) is 4. The Bertz CT molecular complexity index is 510. The Balaban J connectivity index is 2.28. The molecule has 116 valence electrons. The fourth-order valence-electron chi connectivity index (χ4n) is 3.00. The van der Waals surface area contributed by atoms with Gasteiger partial charge in [-0.3, -0.25) is 0 Å². The van der Waals surface area contributed by atoms with E-state index in [2.05, 4.69) is 31.0 Å². The summed E-state index contributed by atoms with van der Waals surface area (Å²) in [6.45, 7) is 6.45. The van der Waals surface area contributed by atoms with Crippen molar-refractivity contribution in [1.29, 1.82) is 0 Å². The largest absolute Gasteiger partial charge is 0.473 e. The van der Waals surface area contributed by atoms with Gasteiger partial charge in [-0.25, -0.2) is 0 Å². The van der Waals surface area contributed by atoms with E-state index in [0.717, 1.165) is 48.4 Å². The molecule has 0 aromatic carbocycles. The van der Waals surface area contributed by atoms with Gasteiger partial charge in [-0.2, -0.15) is 5.10 Å². The summed E-state index contributed by atoms with van der Waals surface area (Å²) in [5.74, 6) is 1.32. The number of aromatic nitrogens is 2. The standard InChI is InChI=1S/C16H25N3OS/c1-4-12-13(5-2)18-19-16(14(12)15(17)21)20-11-8-6-10(3)7-9-11/h10-11H,4-9H2,1-3H3,(H2,17,21). The highest BCUT2D eigenvalue weighted by atomic mass is 32.1. The first-order chi connectivity index (χ1) is 10.1. The number of hydrogen-bond donors (Lipinski definition) is 1. The van der Waals surface area contributed by atoms with Crippen molar-refractivity contribution in [2.24, 2.45) is 11.7 Å². The SMILES string of the molecule is CCc1nnc(OC2CCC(C)CC2)c(C(N)=S)c1CC. The zero-order valence-corrected chi connectivity index (χ0v) is 14.0. The van der Waals surface area contributed by atoms with Crippen molar-refractivity contribution >= 4 is 17.2 Å². The summed E-state index contributed by atoms with van der Waals surface area (Å²) in [4.78, 5) is 0.357. The molecule has 2 rings (SSSR count). The highest BCUT2D eigenvalue weighted by Gasteiger charge is 2.24. The minimum absolute atomic E-state index is 0.209. The second-order valence-corrected chi connectivity index (χ2v) is 6.32. The average molecular weight is 307 g/mol. The number of nitrogens with two attached hydrogens (primary N) is 1. The zero-order chi connectivity index (χ0) is 15.4. The van der Waals surface area contributed by atoms with Gasteiger partial charge in [0.15, 0.2) is 0 Å². The van der Waals surface area contributed by atoms with Crippen LogP contribution in [0.4, 0.5) is 0 Å². The first-order valence-corrected chi connectivity index (χ1v) is 8.32. The normalized spacial score (nSPS) is 22.0. The molecule has 1 heterocycles. The van der Waals surface area contributed by atoms with Gasteiger partial charge in [0.25, 0.3) is 0 Å². The zero-order valence-electron chi connectivity index (χ0n) is 13.2. The number of ether oxygens (including phenoxy) is 1. The highest BCUT2D eigenvalue weighted by Crippen LogP contribution is 2.29. The van der Waals surface area contributed by atoms with E-state index >= 15 is 0 Å². The van der Waals surface area contributed by atoms with Crippen molar-refractivity contribution in [2.45, 2.75) is 65.4 Å². The van der Waals surface area contributed by atoms with E-state index < -0.39 is 0 Å². The second kappa shape index (κ2) is 7.16. The maximum Gasteiger partial charge on any atom is 0.244 e. The monoisotopic (exact) mass is 307 g/mol. The molecule has 1 aromatic heterocycles. The number of thiocarbonyl (C=S) groups is 1. The Morgan fingerprint density at radius 1 is 1.19 bits per heavy atom. The third-order valence-corrected chi connectivity index (χ3v) is 4.51. The molecule has 0 aliphatic heterocycles. The van der Waals surface area contributed by atoms with E-state index in [-0.39, 0.29) is 6.10 Å². The van der Waals surface area contributed by atoms with Crippen LogP contribution in [0.3, 0.4) is 0 Å². The molecule has 0 unspecified atom stereocenters. The quantitative estimate of drug-likeness (QED) is 0.847. The maximum atomic E-state index is 6.10.